The first kappa shape index (κ1) is 15.5. The van der Waals surface area contributed by atoms with Gasteiger partial charge in [-0.15, -0.1) is 0 Å². The molecule has 2 heterocycles. The number of hydrogen-bond acceptors (Lipinski definition) is 4. The molecule has 0 radical (unpaired) electrons. The van der Waals surface area contributed by atoms with Crippen LogP contribution in [0.1, 0.15) is 35.5 Å². The fourth-order valence-corrected chi connectivity index (χ4v) is 2.68. The van der Waals surface area contributed by atoms with Crippen molar-refractivity contribution < 1.29 is 4.79 Å². The first-order valence-corrected chi connectivity index (χ1v) is 8.05. The molecule has 1 aliphatic heterocycles. The van der Waals surface area contributed by atoms with Crippen LogP contribution >= 0.6 is 0 Å². The van der Waals surface area contributed by atoms with Crippen LogP contribution in [0.3, 0.4) is 0 Å². The molecule has 1 aliphatic rings. The van der Waals surface area contributed by atoms with Crippen molar-refractivity contribution >= 4 is 11.7 Å². The minimum atomic E-state index is -0.165. The summed E-state index contributed by atoms with van der Waals surface area (Å²) < 4.78 is 0. The Labute approximate surface area is 136 Å². The maximum absolute atomic E-state index is 12.0. The van der Waals surface area contributed by atoms with Gasteiger partial charge < -0.3 is 10.2 Å². The number of hydrogen-bond donors (Lipinski definition) is 1. The molecular weight excluding hydrogens is 288 g/mol. The van der Waals surface area contributed by atoms with Crippen LogP contribution in [0.2, 0.25) is 0 Å². The summed E-state index contributed by atoms with van der Waals surface area (Å²) in [6.07, 6.45) is 4.26. The van der Waals surface area contributed by atoms with E-state index in [9.17, 15) is 4.79 Å². The third-order valence-corrected chi connectivity index (χ3v) is 4.00. The highest BCUT2D eigenvalue weighted by molar-refractivity contribution is 5.92. The van der Waals surface area contributed by atoms with Gasteiger partial charge in [-0.2, -0.15) is 0 Å². The quantitative estimate of drug-likeness (QED) is 0.942. The number of carbonyl (C=O) groups excluding carboxylic acids is 1. The Hall–Kier alpha value is -2.43. The Kier molecular flexibility index (Phi) is 4.55. The van der Waals surface area contributed by atoms with Crippen molar-refractivity contribution in [1.82, 2.24) is 15.3 Å². The van der Waals surface area contributed by atoms with Gasteiger partial charge in [0.1, 0.15) is 11.5 Å². The lowest BCUT2D eigenvalue weighted by Crippen LogP contribution is -2.32. The largest absolute Gasteiger partial charge is 0.351 e. The maximum Gasteiger partial charge on any atom is 0.271 e. The van der Waals surface area contributed by atoms with Gasteiger partial charge in [-0.1, -0.05) is 38.1 Å². The molecule has 0 atom stereocenters. The van der Waals surface area contributed by atoms with Gasteiger partial charge in [-0.25, -0.2) is 9.97 Å². The van der Waals surface area contributed by atoms with E-state index in [0.717, 1.165) is 25.3 Å². The van der Waals surface area contributed by atoms with Gasteiger partial charge in [-0.05, 0) is 23.5 Å². The Morgan fingerprint density at radius 1 is 1.22 bits per heavy atom. The molecule has 0 unspecified atom stereocenters. The standard InChI is InChI=1S/C18H22N4O/c1-13(2)9-21-18(23)16-10-20-17(11-19-16)22-8-7-14-5-3-4-6-15(14)12-22/h3-6,10-11,13H,7-9,12H2,1-2H3,(H,21,23). The molecule has 120 valence electrons. The average molecular weight is 310 g/mol. The van der Waals surface area contributed by atoms with Crippen LogP contribution in [0.5, 0.6) is 0 Å². The highest BCUT2D eigenvalue weighted by Gasteiger charge is 2.18. The Balaban J connectivity index is 1.67. The first-order valence-electron chi connectivity index (χ1n) is 8.05. The molecule has 0 saturated carbocycles. The highest BCUT2D eigenvalue weighted by atomic mass is 16.1. The summed E-state index contributed by atoms with van der Waals surface area (Å²) in [5, 5.41) is 2.86. The van der Waals surface area contributed by atoms with Gasteiger partial charge in [0.15, 0.2) is 0 Å². The molecule has 3 rings (SSSR count). The van der Waals surface area contributed by atoms with E-state index in [-0.39, 0.29) is 5.91 Å². The van der Waals surface area contributed by atoms with E-state index in [2.05, 4.69) is 58.3 Å². The number of fused-ring (bicyclic) bond motifs is 1. The molecule has 5 heteroatoms. The van der Waals surface area contributed by atoms with Crippen molar-refractivity contribution in [3.63, 3.8) is 0 Å². The fraction of sp³-hybridized carbons (Fsp3) is 0.389. The van der Waals surface area contributed by atoms with Crippen LogP contribution in [0.4, 0.5) is 5.82 Å². The molecule has 5 nitrogen and oxygen atoms in total. The number of amides is 1. The number of aromatic nitrogens is 2. The second-order valence-electron chi connectivity index (χ2n) is 6.30. The lowest BCUT2D eigenvalue weighted by atomic mass is 10.0. The monoisotopic (exact) mass is 310 g/mol. The van der Waals surface area contributed by atoms with E-state index in [1.807, 2.05) is 0 Å². The summed E-state index contributed by atoms with van der Waals surface area (Å²) in [5.41, 5.74) is 3.10. The molecule has 0 spiro atoms. The van der Waals surface area contributed by atoms with Crippen LogP contribution in [-0.2, 0) is 13.0 Å². The molecule has 0 bridgehead atoms. The van der Waals surface area contributed by atoms with Crippen molar-refractivity contribution in [2.45, 2.75) is 26.8 Å². The van der Waals surface area contributed by atoms with Crippen molar-refractivity contribution in [2.24, 2.45) is 5.92 Å². The van der Waals surface area contributed by atoms with E-state index >= 15 is 0 Å². The SMILES string of the molecule is CC(C)CNC(=O)c1cnc(N2CCc3ccccc3C2)cn1. The molecular formula is C18H22N4O. The van der Waals surface area contributed by atoms with E-state index in [1.54, 1.807) is 12.4 Å². The van der Waals surface area contributed by atoms with Crippen LogP contribution in [0.25, 0.3) is 0 Å². The Morgan fingerprint density at radius 3 is 2.70 bits per heavy atom. The third-order valence-electron chi connectivity index (χ3n) is 4.00. The summed E-state index contributed by atoms with van der Waals surface area (Å²) >= 11 is 0. The second kappa shape index (κ2) is 6.77. The molecule has 23 heavy (non-hydrogen) atoms. The predicted molar refractivity (Wildman–Crippen MR) is 90.4 cm³/mol. The molecule has 0 fully saturated rings. The van der Waals surface area contributed by atoms with Crippen LogP contribution in [0, 0.1) is 5.92 Å². The molecule has 2 aromatic rings. The number of nitrogens with zero attached hydrogens (tertiary/aromatic N) is 3. The van der Waals surface area contributed by atoms with Crippen molar-refractivity contribution in [3.8, 4) is 0 Å². The minimum absolute atomic E-state index is 0.165. The van der Waals surface area contributed by atoms with Crippen LogP contribution < -0.4 is 10.2 Å². The van der Waals surface area contributed by atoms with Crippen molar-refractivity contribution in [3.05, 3.63) is 53.5 Å². The molecule has 0 saturated heterocycles. The van der Waals surface area contributed by atoms with Gasteiger partial charge in [0.25, 0.3) is 5.91 Å². The number of carbonyl (C=O) groups is 1. The van der Waals surface area contributed by atoms with E-state index in [0.29, 0.717) is 18.2 Å². The van der Waals surface area contributed by atoms with Crippen LogP contribution in [0.15, 0.2) is 36.7 Å². The van der Waals surface area contributed by atoms with Gasteiger partial charge in [-0.3, -0.25) is 4.79 Å². The third kappa shape index (κ3) is 3.67. The summed E-state index contributed by atoms with van der Waals surface area (Å²) in [4.78, 5) is 22.9. The van der Waals surface area contributed by atoms with Crippen molar-refractivity contribution in [2.75, 3.05) is 18.0 Å². The summed E-state index contributed by atoms with van der Waals surface area (Å²) in [6, 6.07) is 8.48. The zero-order chi connectivity index (χ0) is 16.2. The van der Waals surface area contributed by atoms with E-state index in [1.165, 1.54) is 11.1 Å². The number of anilines is 1. The molecule has 0 aliphatic carbocycles. The minimum Gasteiger partial charge on any atom is -0.351 e. The molecule has 1 aromatic carbocycles. The molecule has 1 aromatic heterocycles. The van der Waals surface area contributed by atoms with Crippen LogP contribution in [-0.4, -0.2) is 29.0 Å². The molecule has 1 N–H and O–H groups in total. The zero-order valence-corrected chi connectivity index (χ0v) is 13.6. The number of rotatable bonds is 4. The van der Waals surface area contributed by atoms with E-state index in [4.69, 9.17) is 0 Å². The van der Waals surface area contributed by atoms with Gasteiger partial charge in [0, 0.05) is 19.6 Å². The lowest BCUT2D eigenvalue weighted by Gasteiger charge is -2.29. The summed E-state index contributed by atoms with van der Waals surface area (Å²) in [5.74, 6) is 1.07. The zero-order valence-electron chi connectivity index (χ0n) is 13.6. The summed E-state index contributed by atoms with van der Waals surface area (Å²) in [7, 11) is 0. The van der Waals surface area contributed by atoms with Gasteiger partial charge >= 0.3 is 0 Å². The lowest BCUT2D eigenvalue weighted by molar-refractivity contribution is 0.0943. The maximum atomic E-state index is 12.0. The smallest absolute Gasteiger partial charge is 0.271 e. The predicted octanol–water partition coefficient (Wildman–Crippen LogP) is 2.43. The fourth-order valence-electron chi connectivity index (χ4n) is 2.68. The van der Waals surface area contributed by atoms with Crippen molar-refractivity contribution in [1.29, 1.82) is 0 Å². The second-order valence-corrected chi connectivity index (χ2v) is 6.30. The first-order chi connectivity index (χ1) is 11.1. The number of benzene rings is 1. The Bertz CT molecular complexity index is 682. The topological polar surface area (TPSA) is 58.1 Å². The van der Waals surface area contributed by atoms with Gasteiger partial charge in [0.2, 0.25) is 0 Å². The highest BCUT2D eigenvalue weighted by Crippen LogP contribution is 2.22. The van der Waals surface area contributed by atoms with E-state index < -0.39 is 0 Å². The van der Waals surface area contributed by atoms with Gasteiger partial charge in [0.05, 0.1) is 12.4 Å². The number of nitrogens with one attached hydrogen (secondary N) is 1. The average Bonchev–Trinajstić information content (AvgIpc) is 2.59. The molecule has 1 amide bonds. The normalized spacial score (nSPS) is 13.8. The Morgan fingerprint density at radius 2 is 2.00 bits per heavy atom. The summed E-state index contributed by atoms with van der Waals surface area (Å²) in [6.45, 7) is 6.52.